The number of aromatic nitrogens is 2. The van der Waals surface area contributed by atoms with Gasteiger partial charge >= 0.3 is 0 Å². The molecule has 11 heteroatoms. The molecule has 9 nitrogen and oxygen atoms in total. The number of hydrogen-bond donors (Lipinski definition) is 1. The van der Waals surface area contributed by atoms with Crippen molar-refractivity contribution in [1.29, 1.82) is 0 Å². The van der Waals surface area contributed by atoms with Crippen molar-refractivity contribution in [3.63, 3.8) is 0 Å². The van der Waals surface area contributed by atoms with E-state index < -0.39 is 10.0 Å². The van der Waals surface area contributed by atoms with Crippen molar-refractivity contribution in [2.45, 2.75) is 51.0 Å². The smallest absolute Gasteiger partial charge is 0.263 e. The van der Waals surface area contributed by atoms with E-state index in [0.717, 1.165) is 18.7 Å². The van der Waals surface area contributed by atoms with Crippen LogP contribution in [0.25, 0.3) is 0 Å². The Kier molecular flexibility index (Phi) is 8.58. The summed E-state index contributed by atoms with van der Waals surface area (Å²) in [6.07, 6.45) is 0. The van der Waals surface area contributed by atoms with E-state index in [2.05, 4.69) is 54.2 Å². The van der Waals surface area contributed by atoms with E-state index >= 15 is 0 Å². The summed E-state index contributed by atoms with van der Waals surface area (Å²) < 4.78 is 41.0. The van der Waals surface area contributed by atoms with Crippen molar-refractivity contribution < 1.29 is 17.9 Å². The fourth-order valence-electron chi connectivity index (χ4n) is 4.28. The second-order valence-electron chi connectivity index (χ2n) is 10.7. The van der Waals surface area contributed by atoms with Gasteiger partial charge in [0.1, 0.15) is 0 Å². The summed E-state index contributed by atoms with van der Waals surface area (Å²) in [5.74, 6) is 1.06. The Hall–Kier alpha value is -3.08. The minimum Gasteiger partial charge on any atom is -0.493 e. The molecule has 1 aromatic heterocycles. The third kappa shape index (κ3) is 6.74. The Morgan fingerprint density at radius 1 is 0.949 bits per heavy atom. The molecule has 4 rings (SSSR count). The summed E-state index contributed by atoms with van der Waals surface area (Å²) in [5, 5.41) is -0.0158. The Balaban J connectivity index is 1.72. The zero-order valence-electron chi connectivity index (χ0n) is 23.2. The van der Waals surface area contributed by atoms with Gasteiger partial charge in [-0.05, 0) is 49.1 Å². The maximum atomic E-state index is 13.5. The first-order valence-electron chi connectivity index (χ1n) is 12.9. The monoisotopic (exact) mass is 573 g/mol. The molecule has 0 bridgehead atoms. The van der Waals surface area contributed by atoms with Crippen LogP contribution in [-0.4, -0.2) is 62.6 Å². The van der Waals surface area contributed by atoms with E-state index in [1.165, 1.54) is 7.11 Å². The molecular formula is C28H36ClN5O4S. The minimum atomic E-state index is -4.03. The van der Waals surface area contributed by atoms with Gasteiger partial charge in [0, 0.05) is 32.2 Å². The fourth-order valence-corrected chi connectivity index (χ4v) is 5.49. The first kappa shape index (κ1) is 28.9. The first-order valence-corrected chi connectivity index (χ1v) is 14.8. The third-order valence-electron chi connectivity index (χ3n) is 6.68. The number of sulfonamides is 1. The number of halogens is 1. The highest BCUT2D eigenvalue weighted by Crippen LogP contribution is 2.40. The first-order chi connectivity index (χ1) is 18.4. The molecule has 0 unspecified atom stereocenters. The standard InChI is InChI=1S/C28H36ClN5O4S/c1-19(2)33-15-17-34(18-16-33)27-30-25(29)24(38-23-10-8-7-9-22(23)37-6)26(31-27)32-39(35,36)21-13-11-20(12-14-21)28(3,4)5/h7-14,19H,15-18H2,1-6H3,(H,30,31,32). The van der Waals surface area contributed by atoms with Gasteiger partial charge in [-0.25, -0.2) is 8.42 Å². The van der Waals surface area contributed by atoms with E-state index in [0.29, 0.717) is 36.6 Å². The molecule has 0 radical (unpaired) electrons. The lowest BCUT2D eigenvalue weighted by Crippen LogP contribution is -2.49. The summed E-state index contributed by atoms with van der Waals surface area (Å²) in [6, 6.07) is 14.2. The van der Waals surface area contributed by atoms with Crippen LogP contribution in [0.4, 0.5) is 11.8 Å². The lowest BCUT2D eigenvalue weighted by molar-refractivity contribution is 0.208. The minimum absolute atomic E-state index is 0.0133. The van der Waals surface area contributed by atoms with Gasteiger partial charge in [-0.2, -0.15) is 9.97 Å². The average Bonchev–Trinajstić information content (AvgIpc) is 2.90. The van der Waals surface area contributed by atoms with Crippen LogP contribution < -0.4 is 19.1 Å². The molecular weight excluding hydrogens is 538 g/mol. The van der Waals surface area contributed by atoms with Crippen molar-refractivity contribution in [3.8, 4) is 17.2 Å². The zero-order valence-corrected chi connectivity index (χ0v) is 24.8. The third-order valence-corrected chi connectivity index (χ3v) is 8.29. The van der Waals surface area contributed by atoms with Crippen molar-refractivity contribution in [2.24, 2.45) is 0 Å². The lowest BCUT2D eigenvalue weighted by Gasteiger charge is -2.37. The number of para-hydroxylation sites is 2. The summed E-state index contributed by atoms with van der Waals surface area (Å²) in [7, 11) is -2.51. The van der Waals surface area contributed by atoms with E-state index in [1.54, 1.807) is 36.4 Å². The summed E-state index contributed by atoms with van der Waals surface area (Å²) in [6.45, 7) is 13.6. The number of rotatable bonds is 8. The number of ether oxygens (including phenoxy) is 2. The quantitative estimate of drug-likeness (QED) is 0.350. The van der Waals surface area contributed by atoms with Gasteiger partial charge in [-0.15, -0.1) is 0 Å². The van der Waals surface area contributed by atoms with Crippen LogP contribution in [0.15, 0.2) is 53.4 Å². The van der Waals surface area contributed by atoms with Gasteiger partial charge < -0.3 is 14.4 Å². The normalized spacial score (nSPS) is 14.9. The van der Waals surface area contributed by atoms with E-state index in [4.69, 9.17) is 21.1 Å². The molecule has 0 saturated carbocycles. The summed E-state index contributed by atoms with van der Waals surface area (Å²) in [4.78, 5) is 13.5. The molecule has 1 aliphatic rings. The van der Waals surface area contributed by atoms with Gasteiger partial charge in [-0.1, -0.05) is 56.6 Å². The molecule has 39 heavy (non-hydrogen) atoms. The highest BCUT2D eigenvalue weighted by atomic mass is 35.5. The molecule has 1 saturated heterocycles. The van der Waals surface area contributed by atoms with E-state index in [9.17, 15) is 8.42 Å². The summed E-state index contributed by atoms with van der Waals surface area (Å²) >= 11 is 6.64. The van der Waals surface area contributed by atoms with Gasteiger partial charge in [0.2, 0.25) is 11.7 Å². The maximum Gasteiger partial charge on any atom is 0.263 e. The Bertz CT molecular complexity index is 1400. The SMILES string of the molecule is COc1ccccc1Oc1c(Cl)nc(N2CCN(C(C)C)CC2)nc1NS(=O)(=O)c1ccc(C(C)(C)C)cc1. The number of nitrogens with one attached hydrogen (secondary N) is 1. The van der Waals surface area contributed by atoms with Crippen LogP contribution in [0.2, 0.25) is 5.15 Å². The highest BCUT2D eigenvalue weighted by molar-refractivity contribution is 7.92. The maximum absolute atomic E-state index is 13.5. The Morgan fingerprint density at radius 3 is 2.13 bits per heavy atom. The second kappa shape index (κ2) is 11.6. The van der Waals surface area contributed by atoms with Crippen LogP contribution >= 0.6 is 11.6 Å². The van der Waals surface area contributed by atoms with Gasteiger partial charge in [0.15, 0.2) is 22.5 Å². The molecule has 3 aromatic rings. The van der Waals surface area contributed by atoms with Crippen molar-refractivity contribution in [2.75, 3.05) is 42.9 Å². The fraction of sp³-hybridized carbons (Fsp3) is 0.429. The predicted octanol–water partition coefficient (Wildman–Crippen LogP) is 5.56. The van der Waals surface area contributed by atoms with Crippen molar-refractivity contribution >= 4 is 33.4 Å². The van der Waals surface area contributed by atoms with Gasteiger partial charge in [-0.3, -0.25) is 9.62 Å². The second-order valence-corrected chi connectivity index (χ2v) is 12.8. The van der Waals surface area contributed by atoms with Gasteiger partial charge in [0.05, 0.1) is 12.0 Å². The largest absolute Gasteiger partial charge is 0.493 e. The molecule has 0 spiro atoms. The molecule has 0 amide bonds. The Morgan fingerprint density at radius 2 is 1.56 bits per heavy atom. The molecule has 2 heterocycles. The number of anilines is 2. The number of methoxy groups -OCH3 is 1. The van der Waals surface area contributed by atoms with Crippen LogP contribution in [0, 0.1) is 0 Å². The number of benzene rings is 2. The Labute approximate surface area is 236 Å². The van der Waals surface area contributed by atoms with Crippen LogP contribution in [0.3, 0.4) is 0 Å². The van der Waals surface area contributed by atoms with Crippen molar-refractivity contribution in [3.05, 3.63) is 59.2 Å². The molecule has 2 aromatic carbocycles. The highest BCUT2D eigenvalue weighted by Gasteiger charge is 2.27. The van der Waals surface area contributed by atoms with Gasteiger partial charge in [0.25, 0.3) is 10.0 Å². The lowest BCUT2D eigenvalue weighted by atomic mass is 9.87. The van der Waals surface area contributed by atoms with Crippen LogP contribution in [0.5, 0.6) is 17.2 Å². The van der Waals surface area contributed by atoms with E-state index in [1.807, 2.05) is 17.0 Å². The topological polar surface area (TPSA) is 96.9 Å². The molecule has 1 fully saturated rings. The van der Waals surface area contributed by atoms with E-state index in [-0.39, 0.29) is 27.0 Å². The predicted molar refractivity (Wildman–Crippen MR) is 155 cm³/mol. The van der Waals surface area contributed by atoms with Crippen LogP contribution in [-0.2, 0) is 15.4 Å². The number of nitrogens with zero attached hydrogens (tertiary/aromatic N) is 4. The summed E-state index contributed by atoms with van der Waals surface area (Å²) in [5.41, 5.74) is 0.912. The molecule has 1 N–H and O–H groups in total. The molecule has 1 aliphatic heterocycles. The molecule has 210 valence electrons. The van der Waals surface area contributed by atoms with Crippen LogP contribution in [0.1, 0.15) is 40.2 Å². The zero-order chi connectivity index (χ0) is 28.4. The van der Waals surface area contributed by atoms with Crippen molar-refractivity contribution in [1.82, 2.24) is 14.9 Å². The number of piperazine rings is 1. The molecule has 0 aliphatic carbocycles. The number of hydrogen-bond acceptors (Lipinski definition) is 8. The molecule has 0 atom stereocenters. The average molecular weight is 574 g/mol.